The van der Waals surface area contributed by atoms with Gasteiger partial charge in [0.1, 0.15) is 5.75 Å². The SMILES string of the molecule is CCCNC1C(Sc2ccccc2OC)CCCC1(C)C. The van der Waals surface area contributed by atoms with Crippen molar-refractivity contribution in [3.05, 3.63) is 24.3 Å². The molecule has 0 bridgehead atoms. The summed E-state index contributed by atoms with van der Waals surface area (Å²) in [6.07, 6.45) is 5.12. The van der Waals surface area contributed by atoms with Crippen LogP contribution in [0.25, 0.3) is 0 Å². The standard InChI is InChI=1S/C18H29NOS/c1-5-13-19-17-16(11-8-12-18(17,2)3)21-15-10-7-6-9-14(15)20-4/h6-7,9-10,16-17,19H,5,8,11-13H2,1-4H3. The fourth-order valence-electron chi connectivity index (χ4n) is 3.30. The average molecular weight is 308 g/mol. The predicted octanol–water partition coefficient (Wildman–Crippen LogP) is 4.73. The highest BCUT2D eigenvalue weighted by Crippen LogP contribution is 2.44. The van der Waals surface area contributed by atoms with Crippen LogP contribution < -0.4 is 10.1 Å². The summed E-state index contributed by atoms with van der Waals surface area (Å²) in [5, 5.41) is 4.43. The molecule has 1 fully saturated rings. The number of ether oxygens (including phenoxy) is 1. The first-order valence-electron chi connectivity index (χ1n) is 8.11. The van der Waals surface area contributed by atoms with E-state index in [-0.39, 0.29) is 0 Å². The molecular formula is C18H29NOS. The normalized spacial score (nSPS) is 24.8. The number of nitrogens with one attached hydrogen (secondary N) is 1. The van der Waals surface area contributed by atoms with Gasteiger partial charge in [-0.1, -0.05) is 39.3 Å². The zero-order chi connectivity index (χ0) is 15.3. The van der Waals surface area contributed by atoms with Crippen molar-refractivity contribution < 1.29 is 4.74 Å². The van der Waals surface area contributed by atoms with Gasteiger partial charge in [-0.3, -0.25) is 0 Å². The number of hydrogen-bond donors (Lipinski definition) is 1. The van der Waals surface area contributed by atoms with Gasteiger partial charge in [-0.2, -0.15) is 0 Å². The summed E-state index contributed by atoms with van der Waals surface area (Å²) >= 11 is 1.99. The van der Waals surface area contributed by atoms with Crippen molar-refractivity contribution in [2.75, 3.05) is 13.7 Å². The lowest BCUT2D eigenvalue weighted by Crippen LogP contribution is -2.51. The molecule has 1 saturated carbocycles. The Labute approximate surface area is 134 Å². The highest BCUT2D eigenvalue weighted by molar-refractivity contribution is 8.00. The van der Waals surface area contributed by atoms with Crippen LogP contribution in [0.2, 0.25) is 0 Å². The van der Waals surface area contributed by atoms with Gasteiger partial charge in [0, 0.05) is 16.2 Å². The Balaban J connectivity index is 2.15. The molecule has 1 aromatic carbocycles. The van der Waals surface area contributed by atoms with E-state index in [0.29, 0.717) is 16.7 Å². The van der Waals surface area contributed by atoms with Gasteiger partial charge in [0.2, 0.25) is 0 Å². The van der Waals surface area contributed by atoms with Crippen LogP contribution in [-0.2, 0) is 0 Å². The van der Waals surface area contributed by atoms with Crippen molar-refractivity contribution in [2.24, 2.45) is 5.41 Å². The van der Waals surface area contributed by atoms with Gasteiger partial charge in [0.05, 0.1) is 7.11 Å². The number of hydrogen-bond acceptors (Lipinski definition) is 3. The van der Waals surface area contributed by atoms with E-state index >= 15 is 0 Å². The Kier molecular flexibility index (Phi) is 6.00. The number of rotatable bonds is 6. The Morgan fingerprint density at radius 2 is 2.10 bits per heavy atom. The first kappa shape index (κ1) is 16.7. The van der Waals surface area contributed by atoms with Gasteiger partial charge in [-0.15, -0.1) is 11.8 Å². The first-order chi connectivity index (χ1) is 10.1. The minimum atomic E-state index is 0.368. The molecule has 2 rings (SSSR count). The van der Waals surface area contributed by atoms with E-state index in [2.05, 4.69) is 44.3 Å². The molecule has 2 nitrogen and oxygen atoms in total. The second kappa shape index (κ2) is 7.55. The number of para-hydroxylation sites is 1. The maximum absolute atomic E-state index is 5.51. The van der Waals surface area contributed by atoms with Crippen LogP contribution >= 0.6 is 11.8 Å². The molecule has 21 heavy (non-hydrogen) atoms. The van der Waals surface area contributed by atoms with Crippen LogP contribution in [0.4, 0.5) is 0 Å². The van der Waals surface area contributed by atoms with Gasteiger partial charge in [0.25, 0.3) is 0 Å². The Hall–Kier alpha value is -0.670. The molecule has 118 valence electrons. The zero-order valence-electron chi connectivity index (χ0n) is 13.8. The third-order valence-electron chi connectivity index (χ3n) is 4.49. The molecule has 0 heterocycles. The van der Waals surface area contributed by atoms with Gasteiger partial charge < -0.3 is 10.1 Å². The third kappa shape index (κ3) is 4.17. The molecule has 2 unspecified atom stereocenters. The summed E-state index contributed by atoms with van der Waals surface area (Å²) in [5.41, 5.74) is 0.368. The highest BCUT2D eigenvalue weighted by Gasteiger charge is 2.39. The van der Waals surface area contributed by atoms with Gasteiger partial charge >= 0.3 is 0 Å². The Morgan fingerprint density at radius 1 is 1.33 bits per heavy atom. The Bertz CT molecular complexity index is 447. The summed E-state index contributed by atoms with van der Waals surface area (Å²) in [5.74, 6) is 1.00. The first-order valence-corrected chi connectivity index (χ1v) is 8.99. The van der Waals surface area contributed by atoms with Crippen LogP contribution in [0.1, 0.15) is 46.5 Å². The summed E-state index contributed by atoms with van der Waals surface area (Å²) in [4.78, 5) is 1.27. The van der Waals surface area contributed by atoms with E-state index < -0.39 is 0 Å². The van der Waals surface area contributed by atoms with Crippen LogP contribution in [0.15, 0.2) is 29.2 Å². The summed E-state index contributed by atoms with van der Waals surface area (Å²) in [7, 11) is 1.76. The van der Waals surface area contributed by atoms with Gasteiger partial charge in [-0.25, -0.2) is 0 Å². The van der Waals surface area contributed by atoms with Crippen molar-refractivity contribution >= 4 is 11.8 Å². The molecule has 1 aliphatic rings. The molecule has 0 aliphatic heterocycles. The average Bonchev–Trinajstić information content (AvgIpc) is 2.46. The molecule has 2 atom stereocenters. The van der Waals surface area contributed by atoms with Gasteiger partial charge in [-0.05, 0) is 43.4 Å². The molecule has 3 heteroatoms. The molecule has 0 saturated heterocycles. The van der Waals surface area contributed by atoms with Gasteiger partial charge in [0.15, 0.2) is 0 Å². The second-order valence-electron chi connectivity index (χ2n) is 6.62. The Morgan fingerprint density at radius 3 is 2.81 bits per heavy atom. The number of methoxy groups -OCH3 is 1. The minimum absolute atomic E-state index is 0.368. The summed E-state index contributed by atoms with van der Waals surface area (Å²) < 4.78 is 5.51. The largest absolute Gasteiger partial charge is 0.496 e. The molecule has 1 aliphatic carbocycles. The topological polar surface area (TPSA) is 21.3 Å². The molecule has 1 aromatic rings. The number of benzene rings is 1. The zero-order valence-corrected chi connectivity index (χ0v) is 14.6. The number of thioether (sulfide) groups is 1. The van der Waals surface area contributed by atoms with E-state index in [1.165, 1.54) is 30.6 Å². The van der Waals surface area contributed by atoms with E-state index in [9.17, 15) is 0 Å². The van der Waals surface area contributed by atoms with E-state index in [1.54, 1.807) is 7.11 Å². The maximum atomic E-state index is 5.51. The molecule has 0 spiro atoms. The lowest BCUT2D eigenvalue weighted by Gasteiger charge is -2.44. The van der Waals surface area contributed by atoms with Crippen LogP contribution in [-0.4, -0.2) is 24.9 Å². The summed E-state index contributed by atoms with van der Waals surface area (Å²) in [6, 6.07) is 8.96. The minimum Gasteiger partial charge on any atom is -0.496 e. The molecule has 0 radical (unpaired) electrons. The molecule has 0 amide bonds. The third-order valence-corrected chi connectivity index (χ3v) is 5.89. The smallest absolute Gasteiger partial charge is 0.132 e. The van der Waals surface area contributed by atoms with E-state index in [0.717, 1.165) is 12.3 Å². The molecule has 0 aromatic heterocycles. The lowest BCUT2D eigenvalue weighted by molar-refractivity contribution is 0.175. The van der Waals surface area contributed by atoms with Crippen molar-refractivity contribution in [3.8, 4) is 5.75 Å². The fraction of sp³-hybridized carbons (Fsp3) is 0.667. The summed E-state index contributed by atoms with van der Waals surface area (Å²) in [6.45, 7) is 8.17. The van der Waals surface area contributed by atoms with Crippen molar-refractivity contribution in [2.45, 2.75) is 62.6 Å². The lowest BCUT2D eigenvalue weighted by atomic mass is 9.73. The highest BCUT2D eigenvalue weighted by atomic mass is 32.2. The molecular weight excluding hydrogens is 278 g/mol. The molecule has 1 N–H and O–H groups in total. The van der Waals surface area contributed by atoms with E-state index in [4.69, 9.17) is 4.74 Å². The maximum Gasteiger partial charge on any atom is 0.132 e. The second-order valence-corrected chi connectivity index (χ2v) is 7.90. The fourth-order valence-corrected chi connectivity index (χ4v) is 4.93. The van der Waals surface area contributed by atoms with Crippen molar-refractivity contribution in [1.82, 2.24) is 5.32 Å². The van der Waals surface area contributed by atoms with Crippen LogP contribution in [0, 0.1) is 5.41 Å². The quantitative estimate of drug-likeness (QED) is 0.820. The van der Waals surface area contributed by atoms with Crippen molar-refractivity contribution in [1.29, 1.82) is 0 Å². The van der Waals surface area contributed by atoms with E-state index in [1.807, 2.05) is 17.8 Å². The van der Waals surface area contributed by atoms with Crippen LogP contribution in [0.3, 0.4) is 0 Å². The van der Waals surface area contributed by atoms with Crippen molar-refractivity contribution in [3.63, 3.8) is 0 Å². The predicted molar refractivity (Wildman–Crippen MR) is 92.4 cm³/mol. The monoisotopic (exact) mass is 307 g/mol. The van der Waals surface area contributed by atoms with Crippen LogP contribution in [0.5, 0.6) is 5.75 Å².